The standard InChI is InChI=1S/C11H21F3N2/c12-11(13,14)5-6-16-8-10-3-1-9(7-15)2-4-10/h9-10,16H,1-8,15H2. The van der Waals surface area contributed by atoms with Gasteiger partial charge in [0.2, 0.25) is 0 Å². The van der Waals surface area contributed by atoms with E-state index in [1.165, 1.54) is 0 Å². The fraction of sp³-hybridized carbons (Fsp3) is 1.00. The Hall–Kier alpha value is -0.290. The third-order valence-electron chi connectivity index (χ3n) is 3.32. The molecule has 0 spiro atoms. The molecule has 0 bridgehead atoms. The number of halogens is 3. The zero-order chi connectivity index (χ0) is 12.0. The summed E-state index contributed by atoms with van der Waals surface area (Å²) in [4.78, 5) is 0. The third-order valence-corrected chi connectivity index (χ3v) is 3.32. The van der Waals surface area contributed by atoms with E-state index in [0.29, 0.717) is 18.4 Å². The molecule has 5 heteroatoms. The molecule has 0 saturated heterocycles. The van der Waals surface area contributed by atoms with Crippen molar-refractivity contribution in [3.8, 4) is 0 Å². The number of nitrogens with one attached hydrogen (secondary N) is 1. The van der Waals surface area contributed by atoms with Gasteiger partial charge in [0.15, 0.2) is 0 Å². The van der Waals surface area contributed by atoms with Gasteiger partial charge in [-0.1, -0.05) is 0 Å². The first-order valence-electron chi connectivity index (χ1n) is 5.99. The van der Waals surface area contributed by atoms with Crippen LogP contribution in [-0.2, 0) is 0 Å². The van der Waals surface area contributed by atoms with Crippen molar-refractivity contribution in [3.63, 3.8) is 0 Å². The van der Waals surface area contributed by atoms with E-state index in [-0.39, 0.29) is 6.54 Å². The molecule has 1 aliphatic rings. The second kappa shape index (κ2) is 6.45. The average Bonchev–Trinajstić information content (AvgIpc) is 2.24. The molecule has 1 fully saturated rings. The predicted molar refractivity (Wildman–Crippen MR) is 58.0 cm³/mol. The SMILES string of the molecule is NCC1CCC(CNCCC(F)(F)F)CC1. The molecule has 1 aliphatic carbocycles. The maximum absolute atomic E-state index is 11.9. The van der Waals surface area contributed by atoms with Crippen molar-refractivity contribution in [2.75, 3.05) is 19.6 Å². The van der Waals surface area contributed by atoms with Gasteiger partial charge in [0.1, 0.15) is 0 Å². The maximum Gasteiger partial charge on any atom is 0.390 e. The molecule has 16 heavy (non-hydrogen) atoms. The van der Waals surface area contributed by atoms with E-state index in [1.54, 1.807) is 0 Å². The summed E-state index contributed by atoms with van der Waals surface area (Å²) in [7, 11) is 0. The molecule has 0 aromatic heterocycles. The lowest BCUT2D eigenvalue weighted by Gasteiger charge is -2.27. The smallest absolute Gasteiger partial charge is 0.330 e. The van der Waals surface area contributed by atoms with Gasteiger partial charge in [0.25, 0.3) is 0 Å². The van der Waals surface area contributed by atoms with E-state index in [1.807, 2.05) is 0 Å². The first kappa shape index (κ1) is 13.8. The van der Waals surface area contributed by atoms with E-state index >= 15 is 0 Å². The fourth-order valence-electron chi connectivity index (χ4n) is 2.21. The van der Waals surface area contributed by atoms with E-state index < -0.39 is 12.6 Å². The van der Waals surface area contributed by atoms with Crippen molar-refractivity contribution in [1.29, 1.82) is 0 Å². The van der Waals surface area contributed by atoms with Gasteiger partial charge in [-0.05, 0) is 50.6 Å². The Morgan fingerprint density at radius 3 is 2.12 bits per heavy atom. The van der Waals surface area contributed by atoms with Crippen molar-refractivity contribution < 1.29 is 13.2 Å². The largest absolute Gasteiger partial charge is 0.390 e. The van der Waals surface area contributed by atoms with Gasteiger partial charge >= 0.3 is 6.18 Å². The number of rotatable bonds is 5. The highest BCUT2D eigenvalue weighted by Gasteiger charge is 2.26. The third kappa shape index (κ3) is 5.70. The van der Waals surface area contributed by atoms with Crippen LogP contribution in [0.25, 0.3) is 0 Å². The van der Waals surface area contributed by atoms with Crippen molar-refractivity contribution >= 4 is 0 Å². The number of hydrogen-bond acceptors (Lipinski definition) is 2. The van der Waals surface area contributed by atoms with Crippen LogP contribution in [0.2, 0.25) is 0 Å². The van der Waals surface area contributed by atoms with Crippen molar-refractivity contribution in [1.82, 2.24) is 5.32 Å². The van der Waals surface area contributed by atoms with Gasteiger partial charge in [-0.25, -0.2) is 0 Å². The van der Waals surface area contributed by atoms with E-state index in [2.05, 4.69) is 5.32 Å². The summed E-state index contributed by atoms with van der Waals surface area (Å²) in [6.45, 7) is 1.50. The van der Waals surface area contributed by atoms with Crippen molar-refractivity contribution in [3.05, 3.63) is 0 Å². The molecule has 0 heterocycles. The van der Waals surface area contributed by atoms with Crippen LogP contribution >= 0.6 is 0 Å². The molecule has 0 aliphatic heterocycles. The molecule has 0 radical (unpaired) electrons. The Morgan fingerprint density at radius 2 is 1.62 bits per heavy atom. The van der Waals surface area contributed by atoms with Gasteiger partial charge in [-0.2, -0.15) is 13.2 Å². The summed E-state index contributed by atoms with van der Waals surface area (Å²) in [6, 6.07) is 0. The summed E-state index contributed by atoms with van der Waals surface area (Å²) in [5, 5.41) is 2.89. The highest BCUT2D eigenvalue weighted by Crippen LogP contribution is 2.27. The number of nitrogens with two attached hydrogens (primary N) is 1. The summed E-state index contributed by atoms with van der Waals surface area (Å²) >= 11 is 0. The molecule has 2 nitrogen and oxygen atoms in total. The fourth-order valence-corrected chi connectivity index (χ4v) is 2.21. The Morgan fingerprint density at radius 1 is 1.06 bits per heavy atom. The molecular weight excluding hydrogens is 217 g/mol. The zero-order valence-corrected chi connectivity index (χ0v) is 9.52. The molecule has 0 amide bonds. The highest BCUT2D eigenvalue weighted by atomic mass is 19.4. The summed E-state index contributed by atoms with van der Waals surface area (Å²) in [5.74, 6) is 1.17. The Kier molecular flexibility index (Phi) is 5.55. The lowest BCUT2D eigenvalue weighted by atomic mass is 9.82. The molecule has 96 valence electrons. The molecule has 0 atom stereocenters. The van der Waals surface area contributed by atoms with Gasteiger partial charge in [0.05, 0.1) is 6.42 Å². The van der Waals surface area contributed by atoms with Crippen LogP contribution in [0.15, 0.2) is 0 Å². The monoisotopic (exact) mass is 238 g/mol. The van der Waals surface area contributed by atoms with Gasteiger partial charge < -0.3 is 11.1 Å². The summed E-state index contributed by atoms with van der Waals surface area (Å²) < 4.78 is 35.6. The number of hydrogen-bond donors (Lipinski definition) is 2. The van der Waals surface area contributed by atoms with Gasteiger partial charge in [-0.3, -0.25) is 0 Å². The van der Waals surface area contributed by atoms with Gasteiger partial charge in [-0.15, -0.1) is 0 Å². The quantitative estimate of drug-likeness (QED) is 0.721. The molecule has 0 aromatic rings. The Balaban J connectivity index is 2.02. The first-order chi connectivity index (χ1) is 7.51. The van der Waals surface area contributed by atoms with Crippen LogP contribution < -0.4 is 11.1 Å². The van der Waals surface area contributed by atoms with Crippen molar-refractivity contribution in [2.45, 2.75) is 38.3 Å². The van der Waals surface area contributed by atoms with E-state index in [0.717, 1.165) is 32.2 Å². The van der Waals surface area contributed by atoms with E-state index in [9.17, 15) is 13.2 Å². The topological polar surface area (TPSA) is 38.0 Å². The second-order valence-corrected chi connectivity index (χ2v) is 4.69. The molecule has 0 aromatic carbocycles. The minimum atomic E-state index is -4.04. The Labute approximate surface area is 94.8 Å². The summed E-state index contributed by atoms with van der Waals surface area (Å²) in [5.41, 5.74) is 5.58. The van der Waals surface area contributed by atoms with Gasteiger partial charge in [0, 0.05) is 6.54 Å². The van der Waals surface area contributed by atoms with Crippen LogP contribution in [0.5, 0.6) is 0 Å². The minimum absolute atomic E-state index is 0.0420. The van der Waals surface area contributed by atoms with Crippen LogP contribution in [0.4, 0.5) is 13.2 Å². The Bertz CT molecular complexity index is 186. The molecule has 1 saturated carbocycles. The van der Waals surface area contributed by atoms with Crippen LogP contribution in [0, 0.1) is 11.8 Å². The van der Waals surface area contributed by atoms with Crippen LogP contribution in [0.1, 0.15) is 32.1 Å². The van der Waals surface area contributed by atoms with Crippen molar-refractivity contribution in [2.24, 2.45) is 17.6 Å². The number of alkyl halides is 3. The predicted octanol–water partition coefficient (Wildman–Crippen LogP) is 2.29. The summed E-state index contributed by atoms with van der Waals surface area (Å²) in [6.07, 6.45) is -0.318. The molecule has 3 N–H and O–H groups in total. The van der Waals surface area contributed by atoms with Crippen LogP contribution in [-0.4, -0.2) is 25.8 Å². The lowest BCUT2D eigenvalue weighted by molar-refractivity contribution is -0.133. The normalized spacial score (nSPS) is 27.0. The zero-order valence-electron chi connectivity index (χ0n) is 9.52. The molecular formula is C11H21F3N2. The first-order valence-corrected chi connectivity index (χ1v) is 5.99. The van der Waals surface area contributed by atoms with Crippen LogP contribution in [0.3, 0.4) is 0 Å². The molecule has 1 rings (SSSR count). The second-order valence-electron chi connectivity index (χ2n) is 4.69. The minimum Gasteiger partial charge on any atom is -0.330 e. The molecule has 0 unspecified atom stereocenters. The highest BCUT2D eigenvalue weighted by molar-refractivity contribution is 4.74. The maximum atomic E-state index is 11.9. The average molecular weight is 238 g/mol. The lowest BCUT2D eigenvalue weighted by Crippen LogP contribution is -2.30. The van der Waals surface area contributed by atoms with E-state index in [4.69, 9.17) is 5.73 Å².